The van der Waals surface area contributed by atoms with Gasteiger partial charge in [-0.2, -0.15) is 0 Å². The normalized spacial score (nSPS) is 15.9. The quantitative estimate of drug-likeness (QED) is 0.658. The van der Waals surface area contributed by atoms with Gasteiger partial charge in [0.25, 0.3) is 5.91 Å². The monoisotopic (exact) mass is 380 g/mol. The van der Waals surface area contributed by atoms with Gasteiger partial charge in [0.2, 0.25) is 5.91 Å². The molecule has 2 aromatic carbocycles. The molecule has 2 atom stereocenters. The Morgan fingerprint density at radius 2 is 1.64 bits per heavy atom. The third-order valence-electron chi connectivity index (χ3n) is 5.54. The lowest BCUT2D eigenvalue weighted by atomic mass is 10.0. The molecule has 1 aliphatic rings. The van der Waals surface area contributed by atoms with E-state index in [1.54, 1.807) is 24.3 Å². The van der Waals surface area contributed by atoms with Crippen LogP contribution in [0.15, 0.2) is 48.5 Å². The van der Waals surface area contributed by atoms with Gasteiger partial charge in [-0.1, -0.05) is 38.1 Å². The Kier molecular flexibility index (Phi) is 6.15. The Bertz CT molecular complexity index is 824. The smallest absolute Gasteiger partial charge is 0.282 e. The number of benzene rings is 2. The fourth-order valence-electron chi connectivity index (χ4n) is 3.50. The number of nitrogens with two attached hydrogens (primary N) is 1. The molecule has 148 valence electrons. The summed E-state index contributed by atoms with van der Waals surface area (Å²) >= 11 is 0. The molecule has 0 heterocycles. The van der Waals surface area contributed by atoms with Gasteiger partial charge in [0, 0.05) is 29.7 Å². The summed E-state index contributed by atoms with van der Waals surface area (Å²) in [5.74, 6) is 0.0400. The molecule has 4 N–H and O–H groups in total. The van der Waals surface area contributed by atoms with Gasteiger partial charge in [0.1, 0.15) is 6.54 Å². The maximum atomic E-state index is 12.8. The predicted molar refractivity (Wildman–Crippen MR) is 111 cm³/mol. The Labute approximate surface area is 166 Å². The summed E-state index contributed by atoms with van der Waals surface area (Å²) in [6.07, 6.45) is 2.34. The van der Waals surface area contributed by atoms with Crippen LogP contribution in [0.3, 0.4) is 0 Å². The van der Waals surface area contributed by atoms with Gasteiger partial charge in [0.05, 0.1) is 6.04 Å². The van der Waals surface area contributed by atoms with Crippen molar-refractivity contribution >= 4 is 17.5 Å². The van der Waals surface area contributed by atoms with Crippen molar-refractivity contribution in [1.82, 2.24) is 0 Å². The summed E-state index contributed by atoms with van der Waals surface area (Å²) in [4.78, 5) is 25.3. The average molecular weight is 381 g/mol. The van der Waals surface area contributed by atoms with E-state index in [4.69, 9.17) is 5.73 Å². The van der Waals surface area contributed by atoms with Crippen molar-refractivity contribution in [2.24, 2.45) is 5.73 Å². The summed E-state index contributed by atoms with van der Waals surface area (Å²) in [6.45, 7) is 7.22. The molecule has 0 saturated heterocycles. The Morgan fingerprint density at radius 3 is 2.14 bits per heavy atom. The Hall–Kier alpha value is -2.66. The standard InChI is InChI=1S/C23H29N3O2/c1-15(2)18-6-4-17(5-7-18)14-26(21-12-13-21)16(3)23(28)25-20-10-8-19(9-11-20)22(24)27/h4-11,15-16,21H,12-14H2,1-3H3,(H2,24,27)(H,25,28)/p+1/t16-/m0/s1. The number of hydrogen-bond acceptors (Lipinski definition) is 2. The highest BCUT2D eigenvalue weighted by Gasteiger charge is 2.39. The molecular formula is C23H30N3O2+. The van der Waals surface area contributed by atoms with Gasteiger partial charge >= 0.3 is 0 Å². The molecule has 1 unspecified atom stereocenters. The van der Waals surface area contributed by atoms with Crippen molar-refractivity contribution in [2.45, 2.75) is 58.2 Å². The molecule has 0 radical (unpaired) electrons. The number of anilines is 1. The molecule has 2 aromatic rings. The third kappa shape index (κ3) is 4.98. The lowest BCUT2D eigenvalue weighted by Gasteiger charge is -2.25. The van der Waals surface area contributed by atoms with E-state index in [-0.39, 0.29) is 11.9 Å². The minimum atomic E-state index is -0.473. The molecule has 0 bridgehead atoms. The number of carbonyl (C=O) groups excluding carboxylic acids is 2. The lowest BCUT2D eigenvalue weighted by molar-refractivity contribution is -0.938. The molecular weight excluding hydrogens is 350 g/mol. The highest BCUT2D eigenvalue weighted by atomic mass is 16.2. The Morgan fingerprint density at radius 1 is 1.04 bits per heavy atom. The molecule has 1 aliphatic carbocycles. The number of primary amides is 1. The van der Waals surface area contributed by atoms with Crippen LogP contribution in [0.1, 0.15) is 61.0 Å². The summed E-state index contributed by atoms with van der Waals surface area (Å²) in [5.41, 5.74) is 8.97. The van der Waals surface area contributed by atoms with E-state index in [1.165, 1.54) is 28.9 Å². The van der Waals surface area contributed by atoms with Gasteiger partial charge in [-0.3, -0.25) is 9.59 Å². The first-order valence-electron chi connectivity index (χ1n) is 10.0. The number of nitrogens with one attached hydrogen (secondary N) is 2. The Balaban J connectivity index is 1.65. The summed E-state index contributed by atoms with van der Waals surface area (Å²) in [7, 11) is 0. The molecule has 0 aromatic heterocycles. The van der Waals surface area contributed by atoms with Crippen LogP contribution in [0.4, 0.5) is 5.69 Å². The van der Waals surface area contributed by atoms with E-state index < -0.39 is 5.91 Å². The first-order chi connectivity index (χ1) is 13.3. The second-order valence-corrected chi connectivity index (χ2v) is 8.07. The zero-order valence-electron chi connectivity index (χ0n) is 16.9. The van der Waals surface area contributed by atoms with Crippen molar-refractivity contribution in [2.75, 3.05) is 5.32 Å². The minimum absolute atomic E-state index is 0.00692. The van der Waals surface area contributed by atoms with Crippen molar-refractivity contribution < 1.29 is 14.5 Å². The van der Waals surface area contributed by atoms with Crippen LogP contribution in [-0.4, -0.2) is 23.9 Å². The number of amides is 2. The predicted octanol–water partition coefficient (Wildman–Crippen LogP) is 2.48. The largest absolute Gasteiger partial charge is 0.366 e. The van der Waals surface area contributed by atoms with E-state index in [0.29, 0.717) is 23.2 Å². The fourth-order valence-corrected chi connectivity index (χ4v) is 3.50. The van der Waals surface area contributed by atoms with Gasteiger partial charge in [-0.15, -0.1) is 0 Å². The maximum Gasteiger partial charge on any atom is 0.282 e. The van der Waals surface area contributed by atoms with Crippen LogP contribution in [0.2, 0.25) is 0 Å². The molecule has 5 heteroatoms. The first kappa shape index (κ1) is 20.1. The summed E-state index contributed by atoms with van der Waals surface area (Å²) in [6, 6.07) is 15.8. The van der Waals surface area contributed by atoms with Gasteiger partial charge in [0.15, 0.2) is 6.04 Å². The number of rotatable bonds is 8. The number of carbonyl (C=O) groups is 2. The maximum absolute atomic E-state index is 12.8. The summed E-state index contributed by atoms with van der Waals surface area (Å²) < 4.78 is 0. The molecule has 5 nitrogen and oxygen atoms in total. The molecule has 1 saturated carbocycles. The van der Waals surface area contributed by atoms with Gasteiger partial charge < -0.3 is 16.0 Å². The molecule has 0 spiro atoms. The van der Waals surface area contributed by atoms with Gasteiger partial charge in [-0.05, 0) is 42.7 Å². The zero-order chi connectivity index (χ0) is 20.3. The topological polar surface area (TPSA) is 76.6 Å². The van der Waals surface area contributed by atoms with Crippen LogP contribution in [0.25, 0.3) is 0 Å². The highest BCUT2D eigenvalue weighted by molar-refractivity contribution is 5.95. The van der Waals surface area contributed by atoms with E-state index in [2.05, 4.69) is 43.4 Å². The van der Waals surface area contributed by atoms with Crippen LogP contribution in [0, 0.1) is 0 Å². The van der Waals surface area contributed by atoms with Crippen LogP contribution < -0.4 is 16.0 Å². The van der Waals surface area contributed by atoms with Crippen molar-refractivity contribution in [3.8, 4) is 0 Å². The number of hydrogen-bond donors (Lipinski definition) is 3. The van der Waals surface area contributed by atoms with Crippen LogP contribution >= 0.6 is 0 Å². The second-order valence-electron chi connectivity index (χ2n) is 8.07. The second kappa shape index (κ2) is 8.57. The van der Waals surface area contributed by atoms with E-state index in [9.17, 15) is 9.59 Å². The SMILES string of the molecule is CC(C)c1ccc(C[NH+](C2CC2)[C@@H](C)C(=O)Nc2ccc(C(N)=O)cc2)cc1. The average Bonchev–Trinajstić information content (AvgIpc) is 3.51. The highest BCUT2D eigenvalue weighted by Crippen LogP contribution is 2.18. The summed E-state index contributed by atoms with van der Waals surface area (Å²) in [5, 5.41) is 2.97. The number of quaternary nitrogens is 1. The molecule has 2 amide bonds. The first-order valence-corrected chi connectivity index (χ1v) is 10.0. The van der Waals surface area contributed by atoms with Crippen molar-refractivity contribution in [3.05, 3.63) is 65.2 Å². The van der Waals surface area contributed by atoms with E-state index >= 15 is 0 Å². The molecule has 1 fully saturated rings. The van der Waals surface area contributed by atoms with Crippen molar-refractivity contribution in [1.29, 1.82) is 0 Å². The third-order valence-corrected chi connectivity index (χ3v) is 5.54. The van der Waals surface area contributed by atoms with Crippen LogP contribution in [-0.2, 0) is 11.3 Å². The zero-order valence-corrected chi connectivity index (χ0v) is 16.9. The van der Waals surface area contributed by atoms with Gasteiger partial charge in [-0.25, -0.2) is 0 Å². The molecule has 3 rings (SSSR count). The van der Waals surface area contributed by atoms with E-state index in [1.807, 2.05) is 6.92 Å². The van der Waals surface area contributed by atoms with E-state index in [0.717, 1.165) is 6.54 Å². The van der Waals surface area contributed by atoms with Crippen molar-refractivity contribution in [3.63, 3.8) is 0 Å². The minimum Gasteiger partial charge on any atom is -0.366 e. The fraction of sp³-hybridized carbons (Fsp3) is 0.391. The molecule has 0 aliphatic heterocycles. The van der Waals surface area contributed by atoms with Crippen LogP contribution in [0.5, 0.6) is 0 Å². The lowest BCUT2D eigenvalue weighted by Crippen LogP contribution is -3.16. The molecule has 28 heavy (non-hydrogen) atoms.